The summed E-state index contributed by atoms with van der Waals surface area (Å²) < 4.78 is 5.82. The van der Waals surface area contributed by atoms with Gasteiger partial charge in [-0.3, -0.25) is 4.79 Å². The first-order valence-corrected chi connectivity index (χ1v) is 8.68. The van der Waals surface area contributed by atoms with Crippen LogP contribution >= 0.6 is 0 Å². The Bertz CT molecular complexity index is 666. The monoisotopic (exact) mass is 325 g/mol. The Morgan fingerprint density at radius 3 is 2.71 bits per heavy atom. The summed E-state index contributed by atoms with van der Waals surface area (Å²) in [4.78, 5) is 12.2. The molecule has 3 nitrogen and oxygen atoms in total. The van der Waals surface area contributed by atoms with E-state index in [1.807, 2.05) is 24.3 Å². The summed E-state index contributed by atoms with van der Waals surface area (Å²) in [6, 6.07) is 16.4. The molecule has 24 heavy (non-hydrogen) atoms. The van der Waals surface area contributed by atoms with E-state index in [2.05, 4.69) is 43.4 Å². The summed E-state index contributed by atoms with van der Waals surface area (Å²) in [7, 11) is 0. The van der Waals surface area contributed by atoms with Crippen molar-refractivity contribution in [3.05, 3.63) is 65.2 Å². The molecular weight excluding hydrogens is 298 g/mol. The molecule has 2 aromatic carbocycles. The van der Waals surface area contributed by atoms with E-state index in [1.54, 1.807) is 6.92 Å². The second-order valence-electron chi connectivity index (χ2n) is 6.10. The molecule has 1 amide bonds. The van der Waals surface area contributed by atoms with E-state index in [0.29, 0.717) is 6.54 Å². The van der Waals surface area contributed by atoms with Crippen molar-refractivity contribution >= 4 is 5.91 Å². The van der Waals surface area contributed by atoms with Crippen LogP contribution in [0.1, 0.15) is 37.0 Å². The smallest absolute Gasteiger partial charge is 0.260 e. The van der Waals surface area contributed by atoms with Gasteiger partial charge in [0, 0.05) is 6.54 Å². The maximum absolute atomic E-state index is 12.2. The van der Waals surface area contributed by atoms with Gasteiger partial charge >= 0.3 is 0 Å². The molecule has 0 saturated carbocycles. The lowest BCUT2D eigenvalue weighted by molar-refractivity contribution is -0.127. The van der Waals surface area contributed by atoms with Crippen LogP contribution in [0.25, 0.3) is 0 Å². The molecule has 0 aliphatic rings. The molecule has 0 spiro atoms. The third kappa shape index (κ3) is 5.41. The van der Waals surface area contributed by atoms with Crippen LogP contribution in [-0.2, 0) is 17.6 Å². The predicted octanol–water partition coefficient (Wildman–Crippen LogP) is 4.07. The van der Waals surface area contributed by atoms with Gasteiger partial charge in [-0.2, -0.15) is 0 Å². The van der Waals surface area contributed by atoms with Crippen LogP contribution < -0.4 is 10.1 Å². The molecule has 0 aliphatic heterocycles. The van der Waals surface area contributed by atoms with Crippen molar-refractivity contribution in [3.8, 4) is 5.75 Å². The Hall–Kier alpha value is -2.29. The van der Waals surface area contributed by atoms with Crippen molar-refractivity contribution in [2.45, 2.75) is 46.1 Å². The van der Waals surface area contributed by atoms with E-state index in [4.69, 9.17) is 4.74 Å². The van der Waals surface area contributed by atoms with Gasteiger partial charge in [-0.15, -0.1) is 0 Å². The zero-order valence-corrected chi connectivity index (χ0v) is 14.8. The minimum Gasteiger partial charge on any atom is -0.481 e. The predicted molar refractivity (Wildman–Crippen MR) is 98.4 cm³/mol. The first-order valence-electron chi connectivity index (χ1n) is 8.68. The van der Waals surface area contributed by atoms with Crippen LogP contribution in [0.15, 0.2) is 48.5 Å². The molecular formula is C21H27NO2. The number of rotatable bonds is 8. The molecule has 2 aromatic rings. The maximum atomic E-state index is 12.2. The molecule has 0 bridgehead atoms. The molecule has 0 aliphatic carbocycles. The van der Waals surface area contributed by atoms with Gasteiger partial charge in [0.1, 0.15) is 5.75 Å². The Balaban J connectivity index is 1.75. The number of aryl methyl sites for hydroxylation is 3. The van der Waals surface area contributed by atoms with Gasteiger partial charge in [0.15, 0.2) is 6.10 Å². The van der Waals surface area contributed by atoms with Crippen molar-refractivity contribution in [3.63, 3.8) is 0 Å². The van der Waals surface area contributed by atoms with Gasteiger partial charge in [0.25, 0.3) is 5.91 Å². The molecule has 0 unspecified atom stereocenters. The van der Waals surface area contributed by atoms with Crippen LogP contribution in [0.3, 0.4) is 0 Å². The lowest BCUT2D eigenvalue weighted by Crippen LogP contribution is -2.37. The minimum absolute atomic E-state index is 0.0647. The molecule has 0 fully saturated rings. The SMILES string of the molecule is CCc1ccccc1O[C@@H](C)C(=O)NCCCc1cccc(C)c1. The maximum Gasteiger partial charge on any atom is 0.260 e. The zero-order valence-electron chi connectivity index (χ0n) is 14.8. The number of hydrogen-bond donors (Lipinski definition) is 1. The molecule has 2 rings (SSSR count). The molecule has 0 saturated heterocycles. The first kappa shape index (κ1) is 18.1. The number of carbonyl (C=O) groups excluding carboxylic acids is 1. The fourth-order valence-corrected chi connectivity index (χ4v) is 2.67. The third-order valence-electron chi connectivity index (χ3n) is 4.05. The highest BCUT2D eigenvalue weighted by atomic mass is 16.5. The number of carbonyl (C=O) groups is 1. The van der Waals surface area contributed by atoms with E-state index >= 15 is 0 Å². The average Bonchev–Trinajstić information content (AvgIpc) is 2.59. The summed E-state index contributed by atoms with van der Waals surface area (Å²) in [5.74, 6) is 0.729. The van der Waals surface area contributed by atoms with Gasteiger partial charge in [-0.05, 0) is 50.3 Å². The van der Waals surface area contributed by atoms with Crippen molar-refractivity contribution in [2.24, 2.45) is 0 Å². The summed E-state index contributed by atoms with van der Waals surface area (Å²) >= 11 is 0. The van der Waals surface area contributed by atoms with Gasteiger partial charge in [-0.25, -0.2) is 0 Å². The topological polar surface area (TPSA) is 38.3 Å². The zero-order chi connectivity index (χ0) is 17.4. The largest absolute Gasteiger partial charge is 0.481 e. The normalized spacial score (nSPS) is 11.8. The highest BCUT2D eigenvalue weighted by molar-refractivity contribution is 5.80. The first-order chi connectivity index (χ1) is 11.6. The van der Waals surface area contributed by atoms with E-state index in [-0.39, 0.29) is 5.91 Å². The number of nitrogens with one attached hydrogen (secondary N) is 1. The highest BCUT2D eigenvalue weighted by Gasteiger charge is 2.15. The third-order valence-corrected chi connectivity index (χ3v) is 4.05. The minimum atomic E-state index is -0.489. The summed E-state index contributed by atoms with van der Waals surface area (Å²) in [5, 5.41) is 2.96. The van der Waals surface area contributed by atoms with Crippen molar-refractivity contribution in [1.82, 2.24) is 5.32 Å². The van der Waals surface area contributed by atoms with Crippen molar-refractivity contribution in [2.75, 3.05) is 6.54 Å². The average molecular weight is 325 g/mol. The van der Waals surface area contributed by atoms with E-state index in [0.717, 1.165) is 30.6 Å². The highest BCUT2D eigenvalue weighted by Crippen LogP contribution is 2.19. The van der Waals surface area contributed by atoms with Crippen LogP contribution in [0.4, 0.5) is 0 Å². The standard InChI is InChI=1S/C21H27NO2/c1-4-19-12-5-6-13-20(19)24-17(3)21(23)22-14-8-11-18-10-7-9-16(2)15-18/h5-7,9-10,12-13,15,17H,4,8,11,14H2,1-3H3,(H,22,23)/t17-/m0/s1. The summed E-state index contributed by atoms with van der Waals surface area (Å²) in [6.45, 7) is 6.63. The number of ether oxygens (including phenoxy) is 1. The second kappa shape index (κ2) is 9.11. The Labute approximate surface area is 145 Å². The van der Waals surface area contributed by atoms with Gasteiger partial charge < -0.3 is 10.1 Å². The molecule has 128 valence electrons. The van der Waals surface area contributed by atoms with Crippen LogP contribution in [0.5, 0.6) is 5.75 Å². The van der Waals surface area contributed by atoms with Gasteiger partial charge in [0.2, 0.25) is 0 Å². The van der Waals surface area contributed by atoms with Gasteiger partial charge in [0.05, 0.1) is 0 Å². The fraction of sp³-hybridized carbons (Fsp3) is 0.381. The molecule has 3 heteroatoms. The Kier molecular flexibility index (Phi) is 6.86. The molecule has 1 N–H and O–H groups in total. The molecule has 1 atom stereocenters. The second-order valence-corrected chi connectivity index (χ2v) is 6.10. The Morgan fingerprint density at radius 1 is 1.17 bits per heavy atom. The van der Waals surface area contributed by atoms with Gasteiger partial charge in [-0.1, -0.05) is 55.0 Å². The Morgan fingerprint density at radius 2 is 1.96 bits per heavy atom. The van der Waals surface area contributed by atoms with E-state index in [9.17, 15) is 4.79 Å². The van der Waals surface area contributed by atoms with Crippen molar-refractivity contribution < 1.29 is 9.53 Å². The number of benzene rings is 2. The number of hydrogen-bond acceptors (Lipinski definition) is 2. The van der Waals surface area contributed by atoms with Crippen LogP contribution in [-0.4, -0.2) is 18.6 Å². The molecule has 0 heterocycles. The fourth-order valence-electron chi connectivity index (χ4n) is 2.67. The van der Waals surface area contributed by atoms with Crippen molar-refractivity contribution in [1.29, 1.82) is 0 Å². The number of para-hydroxylation sites is 1. The van der Waals surface area contributed by atoms with Crippen LogP contribution in [0.2, 0.25) is 0 Å². The summed E-state index contributed by atoms with van der Waals surface area (Å²) in [5.41, 5.74) is 3.70. The number of amides is 1. The lowest BCUT2D eigenvalue weighted by atomic mass is 10.1. The lowest BCUT2D eigenvalue weighted by Gasteiger charge is -2.17. The van der Waals surface area contributed by atoms with E-state index in [1.165, 1.54) is 11.1 Å². The molecule has 0 radical (unpaired) electrons. The quantitative estimate of drug-likeness (QED) is 0.743. The van der Waals surface area contributed by atoms with E-state index < -0.39 is 6.10 Å². The summed E-state index contributed by atoms with van der Waals surface area (Å²) in [6.07, 6.45) is 2.29. The molecule has 0 aromatic heterocycles. The van der Waals surface area contributed by atoms with Crippen LogP contribution in [0, 0.1) is 6.92 Å².